The molecular weight excluding hydrogens is 130 g/mol. The zero-order valence-corrected chi connectivity index (χ0v) is 5.55. The molecule has 1 aliphatic carbocycles. The van der Waals surface area contributed by atoms with Gasteiger partial charge in [-0.05, 0) is 12.8 Å². The molecule has 1 saturated carbocycles. The van der Waals surface area contributed by atoms with E-state index in [0.717, 1.165) is 19.3 Å². The van der Waals surface area contributed by atoms with Crippen molar-refractivity contribution in [2.24, 2.45) is 16.3 Å². The fraction of sp³-hybridized carbons (Fsp3) is 0.667. The topological polar surface area (TPSA) is 67.5 Å². The van der Waals surface area contributed by atoms with Crippen molar-refractivity contribution in [3.8, 4) is 0 Å². The number of nitrogens with two attached hydrogens (primary N) is 1. The summed E-state index contributed by atoms with van der Waals surface area (Å²) in [5, 5.41) is 3.69. The second kappa shape index (κ2) is 1.51. The predicted molar refractivity (Wildman–Crippen MR) is 36.0 cm³/mol. The number of amidine groups is 1. The molecule has 2 rings (SSSR count). The monoisotopic (exact) mass is 139 g/mol. The molecule has 1 fully saturated rings. The van der Waals surface area contributed by atoms with E-state index in [0.29, 0.717) is 5.84 Å². The lowest BCUT2D eigenvalue weighted by Crippen LogP contribution is -2.47. The molecule has 0 unspecified atom stereocenters. The Kier molecular flexibility index (Phi) is 0.859. The van der Waals surface area contributed by atoms with Gasteiger partial charge in [-0.3, -0.25) is 4.79 Å². The zero-order valence-electron chi connectivity index (χ0n) is 5.55. The van der Waals surface area contributed by atoms with Crippen LogP contribution in [0.5, 0.6) is 0 Å². The first-order chi connectivity index (χ1) is 4.76. The second-order valence-corrected chi connectivity index (χ2v) is 2.87. The normalized spacial score (nSPS) is 27.6. The Morgan fingerprint density at radius 3 is 2.50 bits per heavy atom. The summed E-state index contributed by atoms with van der Waals surface area (Å²) in [6, 6.07) is 0. The Morgan fingerprint density at radius 1 is 1.60 bits per heavy atom. The smallest absolute Gasteiger partial charge is 0.254 e. The standard InChI is InChI=1S/C6H9N3O/c7-4-6(2-1-3-6)5(10)9-8-4/h1-3H2,(H2,7,8)(H,9,10). The van der Waals surface area contributed by atoms with Gasteiger partial charge in [0.05, 0.1) is 0 Å². The van der Waals surface area contributed by atoms with Crippen LogP contribution >= 0.6 is 0 Å². The van der Waals surface area contributed by atoms with E-state index in [9.17, 15) is 4.79 Å². The number of hydrogen-bond donors (Lipinski definition) is 2. The molecular formula is C6H9N3O. The first-order valence-electron chi connectivity index (χ1n) is 3.40. The Hall–Kier alpha value is -1.06. The van der Waals surface area contributed by atoms with E-state index in [1.807, 2.05) is 0 Å². The van der Waals surface area contributed by atoms with E-state index >= 15 is 0 Å². The van der Waals surface area contributed by atoms with Crippen LogP contribution < -0.4 is 11.2 Å². The summed E-state index contributed by atoms with van der Waals surface area (Å²) in [6.07, 6.45) is 2.83. The molecule has 1 amide bonds. The highest BCUT2D eigenvalue weighted by atomic mass is 16.2. The number of hydrazone groups is 1. The molecule has 0 bridgehead atoms. The lowest BCUT2D eigenvalue weighted by Gasteiger charge is -2.34. The number of rotatable bonds is 0. The van der Waals surface area contributed by atoms with Crippen LogP contribution in [0.15, 0.2) is 5.10 Å². The highest BCUT2D eigenvalue weighted by Crippen LogP contribution is 2.42. The molecule has 4 heteroatoms. The number of carbonyl (C=O) groups excluding carboxylic acids is 1. The van der Waals surface area contributed by atoms with E-state index in [1.165, 1.54) is 0 Å². The van der Waals surface area contributed by atoms with Gasteiger partial charge >= 0.3 is 0 Å². The Balaban J connectivity index is 2.33. The van der Waals surface area contributed by atoms with Crippen molar-refractivity contribution in [3.63, 3.8) is 0 Å². The molecule has 54 valence electrons. The van der Waals surface area contributed by atoms with Gasteiger partial charge in [0.15, 0.2) is 0 Å². The molecule has 1 aliphatic heterocycles. The molecule has 2 aliphatic rings. The van der Waals surface area contributed by atoms with Gasteiger partial charge in [-0.25, -0.2) is 5.43 Å². The number of hydrogen-bond acceptors (Lipinski definition) is 3. The minimum Gasteiger partial charge on any atom is -0.385 e. The van der Waals surface area contributed by atoms with E-state index in [2.05, 4.69) is 10.5 Å². The fourth-order valence-corrected chi connectivity index (χ4v) is 1.45. The van der Waals surface area contributed by atoms with E-state index in [4.69, 9.17) is 5.73 Å². The number of carbonyl (C=O) groups is 1. The van der Waals surface area contributed by atoms with Gasteiger partial charge in [0.1, 0.15) is 11.3 Å². The number of amides is 1. The van der Waals surface area contributed by atoms with Gasteiger partial charge in [0.25, 0.3) is 5.91 Å². The summed E-state index contributed by atoms with van der Waals surface area (Å²) in [4.78, 5) is 11.1. The van der Waals surface area contributed by atoms with Crippen molar-refractivity contribution in [2.75, 3.05) is 0 Å². The van der Waals surface area contributed by atoms with Crippen LogP contribution in [0.25, 0.3) is 0 Å². The largest absolute Gasteiger partial charge is 0.385 e. The Bertz CT molecular complexity index is 217. The lowest BCUT2D eigenvalue weighted by molar-refractivity contribution is -0.129. The first-order valence-corrected chi connectivity index (χ1v) is 3.40. The molecule has 0 aromatic carbocycles. The van der Waals surface area contributed by atoms with Crippen molar-refractivity contribution in [2.45, 2.75) is 19.3 Å². The maximum Gasteiger partial charge on any atom is 0.254 e. The number of nitrogens with one attached hydrogen (secondary N) is 1. The van der Waals surface area contributed by atoms with Crippen molar-refractivity contribution in [3.05, 3.63) is 0 Å². The van der Waals surface area contributed by atoms with Crippen LogP contribution in [-0.2, 0) is 4.79 Å². The van der Waals surface area contributed by atoms with E-state index in [1.54, 1.807) is 0 Å². The summed E-state index contributed by atoms with van der Waals surface area (Å²) in [7, 11) is 0. The molecule has 0 saturated heterocycles. The van der Waals surface area contributed by atoms with E-state index in [-0.39, 0.29) is 11.3 Å². The summed E-state index contributed by atoms with van der Waals surface area (Å²) in [5.41, 5.74) is 7.53. The first kappa shape index (κ1) is 5.70. The molecule has 0 atom stereocenters. The minimum atomic E-state index is -0.389. The van der Waals surface area contributed by atoms with Crippen LogP contribution in [0, 0.1) is 5.41 Å². The predicted octanol–water partition coefficient (Wildman–Crippen LogP) is -0.441. The molecule has 0 radical (unpaired) electrons. The summed E-state index contributed by atoms with van der Waals surface area (Å²) in [6.45, 7) is 0. The average molecular weight is 139 g/mol. The maximum absolute atomic E-state index is 11.1. The summed E-state index contributed by atoms with van der Waals surface area (Å²) in [5.74, 6) is 0.458. The molecule has 1 heterocycles. The average Bonchev–Trinajstić information content (AvgIpc) is 2.06. The maximum atomic E-state index is 11.1. The van der Waals surface area contributed by atoms with Crippen LogP contribution in [0.3, 0.4) is 0 Å². The Morgan fingerprint density at radius 2 is 2.30 bits per heavy atom. The van der Waals surface area contributed by atoms with Crippen molar-refractivity contribution < 1.29 is 4.79 Å². The van der Waals surface area contributed by atoms with Crippen LogP contribution in [-0.4, -0.2) is 11.7 Å². The van der Waals surface area contributed by atoms with E-state index < -0.39 is 0 Å². The third kappa shape index (κ3) is 0.427. The molecule has 0 aromatic rings. The van der Waals surface area contributed by atoms with Gasteiger partial charge in [0.2, 0.25) is 0 Å². The SMILES string of the molecule is NC1=NNC(=O)C12CCC2. The van der Waals surface area contributed by atoms with Gasteiger partial charge in [0, 0.05) is 0 Å². The van der Waals surface area contributed by atoms with Gasteiger partial charge < -0.3 is 5.73 Å². The highest BCUT2D eigenvalue weighted by molar-refractivity contribution is 6.11. The molecule has 10 heavy (non-hydrogen) atoms. The minimum absolute atomic E-state index is 0.0174. The molecule has 0 aromatic heterocycles. The van der Waals surface area contributed by atoms with Crippen molar-refractivity contribution >= 4 is 11.7 Å². The van der Waals surface area contributed by atoms with Gasteiger partial charge in [-0.15, -0.1) is 0 Å². The highest BCUT2D eigenvalue weighted by Gasteiger charge is 2.50. The molecule has 4 nitrogen and oxygen atoms in total. The second-order valence-electron chi connectivity index (χ2n) is 2.87. The molecule has 3 N–H and O–H groups in total. The molecule has 1 spiro atoms. The fourth-order valence-electron chi connectivity index (χ4n) is 1.45. The lowest BCUT2D eigenvalue weighted by atomic mass is 9.68. The quantitative estimate of drug-likeness (QED) is 0.477. The summed E-state index contributed by atoms with van der Waals surface area (Å²) < 4.78 is 0. The van der Waals surface area contributed by atoms with Crippen LogP contribution in [0.4, 0.5) is 0 Å². The third-order valence-electron chi connectivity index (χ3n) is 2.41. The van der Waals surface area contributed by atoms with Crippen molar-refractivity contribution in [1.82, 2.24) is 5.43 Å². The zero-order chi connectivity index (χ0) is 7.19. The summed E-state index contributed by atoms with van der Waals surface area (Å²) >= 11 is 0. The number of nitrogens with zero attached hydrogens (tertiary/aromatic N) is 1. The van der Waals surface area contributed by atoms with Gasteiger partial charge in [-0.1, -0.05) is 6.42 Å². The van der Waals surface area contributed by atoms with Crippen LogP contribution in [0.2, 0.25) is 0 Å². The third-order valence-corrected chi connectivity index (χ3v) is 2.41. The Labute approximate surface area is 58.5 Å². The van der Waals surface area contributed by atoms with Crippen LogP contribution in [0.1, 0.15) is 19.3 Å². The van der Waals surface area contributed by atoms with Crippen molar-refractivity contribution in [1.29, 1.82) is 0 Å². The van der Waals surface area contributed by atoms with Gasteiger partial charge in [-0.2, -0.15) is 5.10 Å².